The monoisotopic (exact) mass is 182 g/mol. The predicted molar refractivity (Wildman–Crippen MR) is 52.8 cm³/mol. The van der Waals surface area contributed by atoms with Crippen LogP contribution in [0.2, 0.25) is 0 Å². The number of hydrogen-bond donors (Lipinski definition) is 1. The molecule has 1 aromatic rings. The summed E-state index contributed by atoms with van der Waals surface area (Å²) in [7, 11) is 0. The summed E-state index contributed by atoms with van der Waals surface area (Å²) in [5, 5.41) is 8.89. The summed E-state index contributed by atoms with van der Waals surface area (Å²) in [5.74, 6) is 1.99. The van der Waals surface area contributed by atoms with Gasteiger partial charge in [0.2, 0.25) is 0 Å². The first-order valence-corrected chi connectivity index (χ1v) is 4.80. The summed E-state index contributed by atoms with van der Waals surface area (Å²) >= 11 is 0. The van der Waals surface area contributed by atoms with Crippen LogP contribution in [0.5, 0.6) is 0 Å². The normalized spacial score (nSPS) is 12.0. The van der Waals surface area contributed by atoms with Crippen molar-refractivity contribution in [2.24, 2.45) is 0 Å². The third kappa shape index (κ3) is 2.34. The molecule has 0 unspecified atom stereocenters. The average Bonchev–Trinajstić information content (AvgIpc) is 2.52. The summed E-state index contributed by atoms with van der Waals surface area (Å²) in [4.78, 5) is 0. The van der Waals surface area contributed by atoms with E-state index < -0.39 is 0 Å². The lowest BCUT2D eigenvalue weighted by Gasteiger charge is -2.20. The third-order valence-corrected chi connectivity index (χ3v) is 2.41. The number of aliphatic hydroxyl groups excluding tert-OH is 1. The minimum atomic E-state index is -0.0534. The van der Waals surface area contributed by atoms with E-state index in [4.69, 9.17) is 9.52 Å². The van der Waals surface area contributed by atoms with E-state index in [-0.39, 0.29) is 12.0 Å². The first-order chi connectivity index (χ1) is 6.10. The van der Waals surface area contributed by atoms with Crippen LogP contribution in [0.4, 0.5) is 0 Å². The number of hydrogen-bond acceptors (Lipinski definition) is 2. The zero-order chi connectivity index (χ0) is 9.90. The summed E-state index contributed by atoms with van der Waals surface area (Å²) in [6.07, 6.45) is 1.67. The highest BCUT2D eigenvalue weighted by atomic mass is 16.3. The molecule has 74 valence electrons. The van der Waals surface area contributed by atoms with E-state index in [0.717, 1.165) is 24.4 Å². The van der Waals surface area contributed by atoms with Crippen molar-refractivity contribution in [3.63, 3.8) is 0 Å². The lowest BCUT2D eigenvalue weighted by molar-refractivity contribution is 0.235. The van der Waals surface area contributed by atoms with Crippen molar-refractivity contribution in [3.05, 3.63) is 23.7 Å². The summed E-state index contributed by atoms with van der Waals surface area (Å²) in [6.45, 7) is 6.44. The SMILES string of the molecule is CCc1ccc(C(C)(C)CCO)o1. The van der Waals surface area contributed by atoms with Crippen LogP contribution in [0.3, 0.4) is 0 Å². The van der Waals surface area contributed by atoms with Crippen molar-refractivity contribution in [1.82, 2.24) is 0 Å². The molecule has 0 radical (unpaired) electrons. The van der Waals surface area contributed by atoms with Crippen molar-refractivity contribution in [2.45, 2.75) is 39.0 Å². The standard InChI is InChI=1S/C11H18O2/c1-4-9-5-6-10(13-9)11(2,3)7-8-12/h5-6,12H,4,7-8H2,1-3H3. The Morgan fingerprint density at radius 1 is 1.38 bits per heavy atom. The Morgan fingerprint density at radius 2 is 2.08 bits per heavy atom. The van der Waals surface area contributed by atoms with Crippen molar-refractivity contribution < 1.29 is 9.52 Å². The minimum Gasteiger partial charge on any atom is -0.466 e. The molecule has 0 bridgehead atoms. The number of aliphatic hydroxyl groups is 1. The highest BCUT2D eigenvalue weighted by molar-refractivity contribution is 5.15. The summed E-state index contributed by atoms with van der Waals surface area (Å²) in [6, 6.07) is 4.02. The molecular weight excluding hydrogens is 164 g/mol. The summed E-state index contributed by atoms with van der Waals surface area (Å²) in [5.41, 5.74) is -0.0534. The van der Waals surface area contributed by atoms with Crippen LogP contribution in [0, 0.1) is 0 Å². The fourth-order valence-electron chi connectivity index (χ4n) is 1.33. The lowest BCUT2D eigenvalue weighted by Crippen LogP contribution is -2.17. The molecule has 0 aliphatic carbocycles. The predicted octanol–water partition coefficient (Wildman–Crippen LogP) is 2.50. The molecule has 0 spiro atoms. The second-order valence-corrected chi connectivity index (χ2v) is 3.98. The van der Waals surface area contributed by atoms with Gasteiger partial charge in [0, 0.05) is 18.4 Å². The van der Waals surface area contributed by atoms with Gasteiger partial charge >= 0.3 is 0 Å². The Morgan fingerprint density at radius 3 is 2.54 bits per heavy atom. The van der Waals surface area contributed by atoms with E-state index in [9.17, 15) is 0 Å². The van der Waals surface area contributed by atoms with Crippen LogP contribution in [0.15, 0.2) is 16.5 Å². The second kappa shape index (κ2) is 3.97. The van der Waals surface area contributed by atoms with Gasteiger partial charge in [0.25, 0.3) is 0 Å². The Bertz CT molecular complexity index is 261. The van der Waals surface area contributed by atoms with E-state index >= 15 is 0 Å². The maximum Gasteiger partial charge on any atom is 0.109 e. The molecule has 1 aromatic heterocycles. The van der Waals surface area contributed by atoms with Crippen LogP contribution < -0.4 is 0 Å². The van der Waals surface area contributed by atoms with E-state index in [1.165, 1.54) is 0 Å². The van der Waals surface area contributed by atoms with Gasteiger partial charge in [-0.25, -0.2) is 0 Å². The van der Waals surface area contributed by atoms with Gasteiger partial charge < -0.3 is 9.52 Å². The number of aryl methyl sites for hydroxylation is 1. The van der Waals surface area contributed by atoms with E-state index in [1.807, 2.05) is 12.1 Å². The molecule has 0 fully saturated rings. The van der Waals surface area contributed by atoms with Gasteiger partial charge in [0.05, 0.1) is 0 Å². The zero-order valence-electron chi connectivity index (χ0n) is 8.63. The maximum atomic E-state index is 8.89. The fraction of sp³-hybridized carbons (Fsp3) is 0.636. The molecule has 0 aromatic carbocycles. The maximum absolute atomic E-state index is 8.89. The van der Waals surface area contributed by atoms with Gasteiger partial charge in [-0.3, -0.25) is 0 Å². The molecule has 0 saturated carbocycles. The third-order valence-electron chi connectivity index (χ3n) is 2.41. The molecule has 0 aliphatic heterocycles. The van der Waals surface area contributed by atoms with Crippen LogP contribution in [-0.4, -0.2) is 11.7 Å². The van der Waals surface area contributed by atoms with Gasteiger partial charge in [0.1, 0.15) is 11.5 Å². The Hall–Kier alpha value is -0.760. The quantitative estimate of drug-likeness (QED) is 0.776. The molecule has 13 heavy (non-hydrogen) atoms. The van der Waals surface area contributed by atoms with Gasteiger partial charge in [-0.05, 0) is 18.6 Å². The fourth-order valence-corrected chi connectivity index (χ4v) is 1.33. The van der Waals surface area contributed by atoms with E-state index in [2.05, 4.69) is 20.8 Å². The van der Waals surface area contributed by atoms with Crippen LogP contribution >= 0.6 is 0 Å². The Labute approximate surface area is 79.6 Å². The first kappa shape index (κ1) is 10.3. The van der Waals surface area contributed by atoms with Crippen molar-refractivity contribution in [1.29, 1.82) is 0 Å². The highest BCUT2D eigenvalue weighted by Gasteiger charge is 2.23. The molecular formula is C11H18O2. The van der Waals surface area contributed by atoms with Crippen LogP contribution in [0.1, 0.15) is 38.7 Å². The average molecular weight is 182 g/mol. The second-order valence-electron chi connectivity index (χ2n) is 3.98. The molecule has 1 N–H and O–H groups in total. The first-order valence-electron chi connectivity index (χ1n) is 4.80. The molecule has 1 rings (SSSR count). The van der Waals surface area contributed by atoms with Crippen LogP contribution in [0.25, 0.3) is 0 Å². The lowest BCUT2D eigenvalue weighted by atomic mass is 9.87. The molecule has 0 saturated heterocycles. The summed E-state index contributed by atoms with van der Waals surface area (Å²) < 4.78 is 5.64. The number of rotatable bonds is 4. The topological polar surface area (TPSA) is 33.4 Å². The van der Waals surface area contributed by atoms with Gasteiger partial charge in [-0.1, -0.05) is 20.8 Å². The Kier molecular flexibility index (Phi) is 3.15. The largest absolute Gasteiger partial charge is 0.466 e. The van der Waals surface area contributed by atoms with Crippen LogP contribution in [-0.2, 0) is 11.8 Å². The highest BCUT2D eigenvalue weighted by Crippen LogP contribution is 2.28. The molecule has 0 atom stereocenters. The van der Waals surface area contributed by atoms with E-state index in [0.29, 0.717) is 0 Å². The molecule has 0 amide bonds. The van der Waals surface area contributed by atoms with Crippen molar-refractivity contribution in [2.75, 3.05) is 6.61 Å². The molecule has 2 nitrogen and oxygen atoms in total. The molecule has 1 heterocycles. The van der Waals surface area contributed by atoms with Gasteiger partial charge in [-0.2, -0.15) is 0 Å². The zero-order valence-corrected chi connectivity index (χ0v) is 8.63. The van der Waals surface area contributed by atoms with Crippen molar-refractivity contribution in [3.8, 4) is 0 Å². The minimum absolute atomic E-state index is 0.0534. The van der Waals surface area contributed by atoms with E-state index in [1.54, 1.807) is 0 Å². The molecule has 0 aliphatic rings. The smallest absolute Gasteiger partial charge is 0.109 e. The molecule has 2 heteroatoms. The van der Waals surface area contributed by atoms with Crippen molar-refractivity contribution >= 4 is 0 Å². The Balaban J connectivity index is 2.80. The number of furan rings is 1. The van der Waals surface area contributed by atoms with Gasteiger partial charge in [-0.15, -0.1) is 0 Å². The van der Waals surface area contributed by atoms with Gasteiger partial charge in [0.15, 0.2) is 0 Å².